The second-order valence-electron chi connectivity index (χ2n) is 1.44. The average Bonchev–Trinajstić information content (AvgIpc) is 1.61. The Morgan fingerprint density at radius 2 is 2.43 bits per heavy atom. The predicted octanol–water partition coefficient (Wildman–Crippen LogP) is -0.241. The summed E-state index contributed by atoms with van der Waals surface area (Å²) in [5, 5.41) is 0. The van der Waals surface area contributed by atoms with E-state index >= 15 is 0 Å². The van der Waals surface area contributed by atoms with E-state index in [1.165, 1.54) is 0 Å². The summed E-state index contributed by atoms with van der Waals surface area (Å²) in [6.07, 6.45) is 3.40. The third kappa shape index (κ3) is 5.63. The van der Waals surface area contributed by atoms with Gasteiger partial charge in [0.15, 0.2) is 0 Å². The van der Waals surface area contributed by atoms with Crippen LogP contribution in [0.4, 0.5) is 0 Å². The highest BCUT2D eigenvalue weighted by Crippen LogP contribution is 1.87. The molecule has 0 spiro atoms. The molecule has 0 aromatic carbocycles. The molecule has 0 aromatic rings. The van der Waals surface area contributed by atoms with Gasteiger partial charge in [0.2, 0.25) is 0 Å². The molecule has 0 rings (SSSR count). The molecular formula is C5H11NO+. The van der Waals surface area contributed by atoms with Crippen LogP contribution in [-0.4, -0.2) is 5.91 Å². The molecule has 0 saturated heterocycles. The maximum atomic E-state index is 10.1. The molecule has 0 fully saturated rings. The Morgan fingerprint density at radius 3 is 2.57 bits per heavy atom. The van der Waals surface area contributed by atoms with Gasteiger partial charge in [0.05, 0.1) is 6.42 Å². The fourth-order valence-corrected chi connectivity index (χ4v) is 0.305. The minimum absolute atomic E-state index is 0.00171. The van der Waals surface area contributed by atoms with Crippen LogP contribution in [0, 0.1) is 6.42 Å². The minimum Gasteiger partial charge on any atom is -0.295 e. The van der Waals surface area contributed by atoms with E-state index in [0.717, 1.165) is 6.42 Å². The number of quaternary nitrogens is 1. The van der Waals surface area contributed by atoms with Crippen molar-refractivity contribution in [1.29, 1.82) is 0 Å². The number of carbonyl (C=O) groups excluding carboxylic acids is 1. The topological polar surface area (TPSA) is 44.7 Å². The van der Waals surface area contributed by atoms with Crippen LogP contribution in [0.3, 0.4) is 0 Å². The molecule has 0 aliphatic heterocycles. The molecule has 0 unspecified atom stereocenters. The van der Waals surface area contributed by atoms with Gasteiger partial charge in [-0.05, 0) is 6.42 Å². The molecule has 2 nitrogen and oxygen atoms in total. The molecular weight excluding hydrogens is 90.1 g/mol. The number of hydrogen-bond acceptors (Lipinski definition) is 1. The molecule has 0 aliphatic carbocycles. The summed E-state index contributed by atoms with van der Waals surface area (Å²) in [4.78, 5) is 10.1. The van der Waals surface area contributed by atoms with Crippen molar-refractivity contribution in [2.24, 2.45) is 0 Å². The van der Waals surface area contributed by atoms with Gasteiger partial charge in [-0.25, -0.2) is 4.79 Å². The van der Waals surface area contributed by atoms with E-state index in [1.807, 2.05) is 13.3 Å². The molecule has 1 radical (unpaired) electrons. The van der Waals surface area contributed by atoms with Crippen molar-refractivity contribution in [3.8, 4) is 0 Å². The monoisotopic (exact) mass is 101 g/mol. The molecule has 7 heavy (non-hydrogen) atoms. The Balaban J connectivity index is 2.82. The predicted molar refractivity (Wildman–Crippen MR) is 27.1 cm³/mol. The van der Waals surface area contributed by atoms with E-state index in [4.69, 9.17) is 0 Å². The van der Waals surface area contributed by atoms with Gasteiger partial charge in [-0.15, -0.1) is 0 Å². The average molecular weight is 101 g/mol. The fourth-order valence-electron chi connectivity index (χ4n) is 0.305. The highest BCUT2D eigenvalue weighted by Gasteiger charge is 1.93. The molecule has 0 aliphatic rings. The number of hydrogen-bond donors (Lipinski definition) is 1. The lowest BCUT2D eigenvalue weighted by Crippen LogP contribution is -2.56. The van der Waals surface area contributed by atoms with Crippen LogP contribution in [0.15, 0.2) is 0 Å². The number of unbranched alkanes of at least 4 members (excludes halogenated alkanes) is 1. The zero-order valence-corrected chi connectivity index (χ0v) is 4.61. The second-order valence-corrected chi connectivity index (χ2v) is 1.44. The van der Waals surface area contributed by atoms with Gasteiger partial charge < -0.3 is 0 Å². The van der Waals surface area contributed by atoms with Gasteiger partial charge in [-0.1, -0.05) is 13.3 Å². The molecule has 0 heterocycles. The summed E-state index contributed by atoms with van der Waals surface area (Å²) in [5.74, 6) is 0.00171. The largest absolute Gasteiger partial charge is 0.309 e. The fraction of sp³-hybridized carbons (Fsp3) is 0.600. The van der Waals surface area contributed by atoms with Crippen LogP contribution in [0.1, 0.15) is 19.8 Å². The van der Waals surface area contributed by atoms with E-state index in [0.29, 0.717) is 6.42 Å². The summed E-state index contributed by atoms with van der Waals surface area (Å²) in [6, 6.07) is 0. The minimum atomic E-state index is 0.00171. The van der Waals surface area contributed by atoms with Crippen LogP contribution in [0.5, 0.6) is 0 Å². The quantitative estimate of drug-likeness (QED) is 0.524. The highest BCUT2D eigenvalue weighted by atomic mass is 16.1. The smallest absolute Gasteiger partial charge is 0.295 e. The lowest BCUT2D eigenvalue weighted by molar-refractivity contribution is -0.304. The summed E-state index contributed by atoms with van der Waals surface area (Å²) in [5.41, 5.74) is 3.21. The molecule has 41 valence electrons. The van der Waals surface area contributed by atoms with Gasteiger partial charge in [-0.2, -0.15) is 0 Å². The standard InChI is InChI=1S/C5H10NO/c1-2-3-4-5(6)7/h3H,2,4H2,1H3,(H2,6,7)/p+1. The van der Waals surface area contributed by atoms with E-state index in [1.54, 1.807) is 0 Å². The molecule has 0 bridgehead atoms. The van der Waals surface area contributed by atoms with Gasteiger partial charge in [0, 0.05) is 0 Å². The van der Waals surface area contributed by atoms with Crippen LogP contribution in [-0.2, 0) is 4.79 Å². The van der Waals surface area contributed by atoms with Crippen LogP contribution >= 0.6 is 0 Å². The van der Waals surface area contributed by atoms with Crippen molar-refractivity contribution < 1.29 is 10.5 Å². The van der Waals surface area contributed by atoms with Crippen molar-refractivity contribution in [2.45, 2.75) is 19.8 Å². The number of rotatable bonds is 3. The van der Waals surface area contributed by atoms with Crippen LogP contribution in [0.25, 0.3) is 0 Å². The SMILES string of the molecule is CC[CH]CC([NH3+])=O. The Morgan fingerprint density at radius 1 is 1.86 bits per heavy atom. The van der Waals surface area contributed by atoms with E-state index in [-0.39, 0.29) is 5.91 Å². The van der Waals surface area contributed by atoms with Crippen LogP contribution in [0.2, 0.25) is 0 Å². The molecule has 0 atom stereocenters. The maximum absolute atomic E-state index is 10.1. The van der Waals surface area contributed by atoms with Crippen LogP contribution < -0.4 is 5.73 Å². The van der Waals surface area contributed by atoms with Crippen molar-refractivity contribution in [1.82, 2.24) is 0 Å². The maximum Gasteiger partial charge on any atom is 0.309 e. The Labute approximate surface area is 43.7 Å². The van der Waals surface area contributed by atoms with Gasteiger partial charge >= 0.3 is 5.91 Å². The van der Waals surface area contributed by atoms with Crippen molar-refractivity contribution in [3.05, 3.63) is 6.42 Å². The molecule has 0 aromatic heterocycles. The number of carbonyl (C=O) groups is 1. The highest BCUT2D eigenvalue weighted by molar-refractivity contribution is 5.65. The first-order valence-corrected chi connectivity index (χ1v) is 2.43. The normalized spacial score (nSPS) is 8.86. The van der Waals surface area contributed by atoms with Gasteiger partial charge in [0.1, 0.15) is 0 Å². The first-order chi connectivity index (χ1) is 3.27. The molecule has 1 amide bonds. The van der Waals surface area contributed by atoms with Gasteiger partial charge in [-0.3, -0.25) is 5.73 Å². The Hall–Kier alpha value is -0.370. The number of amides is 1. The summed E-state index contributed by atoms with van der Waals surface area (Å²) in [6.45, 7) is 2.00. The molecule has 0 saturated carbocycles. The Bertz CT molecular complexity index is 61.1. The zero-order chi connectivity index (χ0) is 5.70. The lowest BCUT2D eigenvalue weighted by Gasteiger charge is -1.82. The van der Waals surface area contributed by atoms with Crippen molar-refractivity contribution in [3.63, 3.8) is 0 Å². The second kappa shape index (κ2) is 3.81. The van der Waals surface area contributed by atoms with Crippen molar-refractivity contribution in [2.75, 3.05) is 0 Å². The first kappa shape index (κ1) is 6.63. The lowest BCUT2D eigenvalue weighted by atomic mass is 10.2. The summed E-state index contributed by atoms with van der Waals surface area (Å²) in [7, 11) is 0. The van der Waals surface area contributed by atoms with E-state index < -0.39 is 0 Å². The third-order valence-electron chi connectivity index (χ3n) is 0.661. The van der Waals surface area contributed by atoms with E-state index in [2.05, 4.69) is 5.73 Å². The Kier molecular flexibility index (Phi) is 3.61. The van der Waals surface area contributed by atoms with Crippen molar-refractivity contribution >= 4 is 5.91 Å². The first-order valence-electron chi connectivity index (χ1n) is 2.43. The van der Waals surface area contributed by atoms with Gasteiger partial charge in [0.25, 0.3) is 0 Å². The summed E-state index contributed by atoms with van der Waals surface area (Å²) < 4.78 is 0. The third-order valence-corrected chi connectivity index (χ3v) is 0.661. The van der Waals surface area contributed by atoms with E-state index in [9.17, 15) is 4.79 Å². The molecule has 2 heteroatoms. The summed E-state index contributed by atoms with van der Waals surface area (Å²) >= 11 is 0. The zero-order valence-electron chi connectivity index (χ0n) is 4.61. The molecule has 3 N–H and O–H groups in total.